The molecule has 116 valence electrons. The lowest BCUT2D eigenvalue weighted by molar-refractivity contribution is -0.117. The second-order valence-electron chi connectivity index (χ2n) is 5.92. The van der Waals surface area contributed by atoms with Gasteiger partial charge in [0.25, 0.3) is 0 Å². The Labute approximate surface area is 126 Å². The minimum Gasteiger partial charge on any atom is -0.397 e. The van der Waals surface area contributed by atoms with Crippen LogP contribution in [-0.2, 0) is 9.53 Å². The van der Waals surface area contributed by atoms with Gasteiger partial charge in [-0.1, -0.05) is 6.07 Å². The molecule has 1 aliphatic rings. The van der Waals surface area contributed by atoms with Crippen LogP contribution in [0.25, 0.3) is 0 Å². The lowest BCUT2D eigenvalue weighted by Crippen LogP contribution is -2.36. The van der Waals surface area contributed by atoms with Gasteiger partial charge in [0.15, 0.2) is 0 Å². The summed E-state index contributed by atoms with van der Waals surface area (Å²) >= 11 is 0. The van der Waals surface area contributed by atoms with Crippen LogP contribution in [0.5, 0.6) is 0 Å². The number of amides is 1. The molecule has 0 radical (unpaired) electrons. The van der Waals surface area contributed by atoms with Crippen LogP contribution in [0, 0.1) is 12.8 Å². The first-order chi connectivity index (χ1) is 10.0. The van der Waals surface area contributed by atoms with Gasteiger partial charge in [0.2, 0.25) is 5.91 Å². The Morgan fingerprint density at radius 1 is 1.52 bits per heavy atom. The molecule has 1 aromatic carbocycles. The molecule has 1 saturated heterocycles. The van der Waals surface area contributed by atoms with Gasteiger partial charge in [-0.2, -0.15) is 0 Å². The van der Waals surface area contributed by atoms with Gasteiger partial charge >= 0.3 is 0 Å². The van der Waals surface area contributed by atoms with E-state index in [2.05, 4.69) is 5.32 Å². The number of hydrogen-bond acceptors (Lipinski definition) is 4. The Morgan fingerprint density at radius 2 is 2.33 bits per heavy atom. The molecule has 0 bridgehead atoms. The highest BCUT2D eigenvalue weighted by Crippen LogP contribution is 2.19. The first kappa shape index (κ1) is 15.8. The standard InChI is InChI=1S/C16H25N3O2/c1-12-5-6-15(14(17)8-12)18-16(20)10-19(2)9-13-4-3-7-21-11-13/h5-6,8,13H,3-4,7,9-11,17H2,1-2H3,(H,18,20). The summed E-state index contributed by atoms with van der Waals surface area (Å²) in [5, 5.41) is 2.87. The second kappa shape index (κ2) is 7.43. The van der Waals surface area contributed by atoms with E-state index in [0.29, 0.717) is 23.8 Å². The topological polar surface area (TPSA) is 67.6 Å². The summed E-state index contributed by atoms with van der Waals surface area (Å²) < 4.78 is 5.47. The maximum Gasteiger partial charge on any atom is 0.238 e. The van der Waals surface area contributed by atoms with Crippen molar-refractivity contribution in [2.24, 2.45) is 5.92 Å². The number of hydrogen-bond donors (Lipinski definition) is 2. The normalized spacial score (nSPS) is 18.7. The van der Waals surface area contributed by atoms with Gasteiger partial charge < -0.3 is 15.8 Å². The predicted molar refractivity (Wildman–Crippen MR) is 85.3 cm³/mol. The number of aryl methyl sites for hydroxylation is 1. The average molecular weight is 291 g/mol. The van der Waals surface area contributed by atoms with E-state index in [0.717, 1.165) is 31.7 Å². The summed E-state index contributed by atoms with van der Waals surface area (Å²) in [6.45, 7) is 4.90. The number of likely N-dealkylation sites (N-methyl/N-ethyl adjacent to an activating group) is 1. The molecule has 1 unspecified atom stereocenters. The molecular weight excluding hydrogens is 266 g/mol. The van der Waals surface area contributed by atoms with Crippen molar-refractivity contribution in [3.63, 3.8) is 0 Å². The van der Waals surface area contributed by atoms with Crippen molar-refractivity contribution in [3.05, 3.63) is 23.8 Å². The van der Waals surface area contributed by atoms with Crippen LogP contribution in [-0.4, -0.2) is 44.2 Å². The quantitative estimate of drug-likeness (QED) is 0.813. The lowest BCUT2D eigenvalue weighted by atomic mass is 10.0. The SMILES string of the molecule is Cc1ccc(NC(=O)CN(C)CC2CCCOC2)c(N)c1. The summed E-state index contributed by atoms with van der Waals surface area (Å²) in [5.41, 5.74) is 8.27. The van der Waals surface area contributed by atoms with Crippen molar-refractivity contribution >= 4 is 17.3 Å². The van der Waals surface area contributed by atoms with Crippen molar-refractivity contribution < 1.29 is 9.53 Å². The van der Waals surface area contributed by atoms with Gasteiger partial charge in [-0.05, 0) is 50.4 Å². The molecule has 5 nitrogen and oxygen atoms in total. The fourth-order valence-corrected chi connectivity index (χ4v) is 2.69. The Bertz CT molecular complexity index is 484. The number of anilines is 2. The summed E-state index contributed by atoms with van der Waals surface area (Å²) in [6.07, 6.45) is 2.29. The number of nitrogen functional groups attached to an aromatic ring is 1. The van der Waals surface area contributed by atoms with Crippen LogP contribution >= 0.6 is 0 Å². The monoisotopic (exact) mass is 291 g/mol. The third-order valence-electron chi connectivity index (χ3n) is 3.72. The molecule has 1 atom stereocenters. The largest absolute Gasteiger partial charge is 0.397 e. The van der Waals surface area contributed by atoms with Gasteiger partial charge in [-0.3, -0.25) is 9.69 Å². The average Bonchev–Trinajstić information content (AvgIpc) is 2.43. The zero-order valence-electron chi connectivity index (χ0n) is 12.9. The number of nitrogens with two attached hydrogens (primary N) is 1. The molecular formula is C16H25N3O2. The molecule has 5 heteroatoms. The van der Waals surface area contributed by atoms with E-state index in [1.54, 1.807) is 0 Å². The van der Waals surface area contributed by atoms with E-state index in [1.165, 1.54) is 6.42 Å². The molecule has 0 aromatic heterocycles. The minimum absolute atomic E-state index is 0.0372. The molecule has 0 saturated carbocycles. The molecule has 1 fully saturated rings. The smallest absolute Gasteiger partial charge is 0.238 e. The zero-order valence-corrected chi connectivity index (χ0v) is 12.9. The van der Waals surface area contributed by atoms with E-state index in [4.69, 9.17) is 10.5 Å². The van der Waals surface area contributed by atoms with Crippen LogP contribution in [0.3, 0.4) is 0 Å². The third-order valence-corrected chi connectivity index (χ3v) is 3.72. The van der Waals surface area contributed by atoms with E-state index in [-0.39, 0.29) is 5.91 Å². The maximum atomic E-state index is 12.1. The second-order valence-corrected chi connectivity index (χ2v) is 5.92. The summed E-state index contributed by atoms with van der Waals surface area (Å²) in [4.78, 5) is 14.1. The van der Waals surface area contributed by atoms with E-state index < -0.39 is 0 Å². The molecule has 1 aliphatic heterocycles. The number of rotatable bonds is 5. The zero-order chi connectivity index (χ0) is 15.2. The number of carbonyl (C=O) groups is 1. The predicted octanol–water partition coefficient (Wildman–Crippen LogP) is 1.87. The number of carbonyl (C=O) groups excluding carboxylic acids is 1. The maximum absolute atomic E-state index is 12.1. The van der Waals surface area contributed by atoms with Crippen LogP contribution in [0.15, 0.2) is 18.2 Å². The highest BCUT2D eigenvalue weighted by Gasteiger charge is 2.17. The van der Waals surface area contributed by atoms with Crippen LogP contribution < -0.4 is 11.1 Å². The summed E-state index contributed by atoms with van der Waals surface area (Å²) in [7, 11) is 1.96. The van der Waals surface area contributed by atoms with Gasteiger partial charge in [-0.15, -0.1) is 0 Å². The number of nitrogens with zero attached hydrogens (tertiary/aromatic N) is 1. The Hall–Kier alpha value is -1.59. The van der Waals surface area contributed by atoms with Crippen molar-refractivity contribution in [1.29, 1.82) is 0 Å². The summed E-state index contributed by atoms with van der Waals surface area (Å²) in [5.74, 6) is 0.491. The van der Waals surface area contributed by atoms with E-state index in [1.807, 2.05) is 37.1 Å². The molecule has 0 spiro atoms. The third kappa shape index (κ3) is 5.02. The molecule has 1 aromatic rings. The molecule has 3 N–H and O–H groups in total. The van der Waals surface area contributed by atoms with Crippen molar-refractivity contribution in [2.75, 3.05) is 44.4 Å². The van der Waals surface area contributed by atoms with Gasteiger partial charge in [0.1, 0.15) is 0 Å². The highest BCUT2D eigenvalue weighted by atomic mass is 16.5. The Kier molecular flexibility index (Phi) is 5.59. The Morgan fingerprint density at radius 3 is 3.00 bits per heavy atom. The summed E-state index contributed by atoms with van der Waals surface area (Å²) in [6, 6.07) is 5.64. The fourth-order valence-electron chi connectivity index (χ4n) is 2.69. The van der Waals surface area contributed by atoms with E-state index in [9.17, 15) is 4.79 Å². The molecule has 21 heavy (non-hydrogen) atoms. The van der Waals surface area contributed by atoms with Crippen molar-refractivity contribution in [1.82, 2.24) is 4.90 Å². The fraction of sp³-hybridized carbons (Fsp3) is 0.562. The van der Waals surface area contributed by atoms with Crippen LogP contribution in [0.4, 0.5) is 11.4 Å². The number of ether oxygens (including phenoxy) is 1. The number of benzene rings is 1. The first-order valence-corrected chi connectivity index (χ1v) is 7.47. The number of nitrogens with one attached hydrogen (secondary N) is 1. The van der Waals surface area contributed by atoms with Crippen molar-refractivity contribution in [2.45, 2.75) is 19.8 Å². The van der Waals surface area contributed by atoms with Crippen molar-refractivity contribution in [3.8, 4) is 0 Å². The highest BCUT2D eigenvalue weighted by molar-refractivity contribution is 5.95. The minimum atomic E-state index is -0.0372. The molecule has 1 heterocycles. The van der Waals surface area contributed by atoms with E-state index >= 15 is 0 Å². The molecule has 1 amide bonds. The van der Waals surface area contributed by atoms with Gasteiger partial charge in [-0.25, -0.2) is 0 Å². The molecule has 2 rings (SSSR count). The first-order valence-electron chi connectivity index (χ1n) is 7.47. The lowest BCUT2D eigenvalue weighted by Gasteiger charge is -2.26. The molecule has 0 aliphatic carbocycles. The Balaban J connectivity index is 1.80. The van der Waals surface area contributed by atoms with Gasteiger partial charge in [0, 0.05) is 13.2 Å². The van der Waals surface area contributed by atoms with Crippen LogP contribution in [0.1, 0.15) is 18.4 Å². The van der Waals surface area contributed by atoms with Gasteiger partial charge in [0.05, 0.1) is 24.5 Å². The van der Waals surface area contributed by atoms with Crippen LogP contribution in [0.2, 0.25) is 0 Å².